The van der Waals surface area contributed by atoms with Crippen LogP contribution in [0.5, 0.6) is 0 Å². The van der Waals surface area contributed by atoms with Gasteiger partial charge in [-0.15, -0.1) is 11.6 Å². The second-order valence-electron chi connectivity index (χ2n) is 5.87. The number of aliphatic imine (C=N–C) groups is 1. The van der Waals surface area contributed by atoms with Crippen molar-refractivity contribution in [1.29, 1.82) is 0 Å². The third-order valence-corrected chi connectivity index (χ3v) is 3.64. The van der Waals surface area contributed by atoms with E-state index in [4.69, 9.17) is 11.6 Å². The maximum absolute atomic E-state index is 6.62. The first-order valence-electron chi connectivity index (χ1n) is 6.10. The minimum absolute atomic E-state index is 0.0834. The van der Waals surface area contributed by atoms with E-state index >= 15 is 0 Å². The van der Waals surface area contributed by atoms with Crippen molar-refractivity contribution in [3.63, 3.8) is 0 Å². The SMILES string of the molecule is CC(=NC(C)(C)C)C(C)(Cl)Cc1ccc(Br)cc1. The fourth-order valence-corrected chi connectivity index (χ4v) is 2.19. The third-order valence-electron chi connectivity index (χ3n) is 2.71. The maximum atomic E-state index is 6.62. The topological polar surface area (TPSA) is 12.4 Å². The van der Waals surface area contributed by atoms with Crippen LogP contribution in [0, 0.1) is 0 Å². The molecule has 1 rings (SSSR count). The number of alkyl halides is 1. The van der Waals surface area contributed by atoms with Gasteiger partial charge in [-0.25, -0.2) is 0 Å². The molecular weight excluding hydrogens is 310 g/mol. The summed E-state index contributed by atoms with van der Waals surface area (Å²) in [5, 5.41) is 0. The first-order chi connectivity index (χ1) is 8.10. The van der Waals surface area contributed by atoms with Gasteiger partial charge in [-0.2, -0.15) is 0 Å². The van der Waals surface area contributed by atoms with E-state index in [2.05, 4.69) is 53.8 Å². The standard InChI is InChI=1S/C15H21BrClN/c1-11(18-14(2,3)4)15(5,17)10-12-6-8-13(16)9-7-12/h6-9H,10H2,1-5H3. The minimum atomic E-state index is -0.429. The highest BCUT2D eigenvalue weighted by Crippen LogP contribution is 2.25. The van der Waals surface area contributed by atoms with Crippen LogP contribution in [0.25, 0.3) is 0 Å². The summed E-state index contributed by atoms with van der Waals surface area (Å²) in [6, 6.07) is 8.27. The Hall–Kier alpha value is -0.340. The van der Waals surface area contributed by atoms with Crippen LogP contribution in [-0.4, -0.2) is 16.1 Å². The zero-order chi connectivity index (χ0) is 14.0. The van der Waals surface area contributed by atoms with Gasteiger partial charge in [-0.3, -0.25) is 4.99 Å². The normalized spacial score (nSPS) is 16.5. The van der Waals surface area contributed by atoms with Gasteiger partial charge in [0.2, 0.25) is 0 Å². The average Bonchev–Trinajstić information content (AvgIpc) is 2.18. The first kappa shape index (κ1) is 15.7. The molecule has 0 radical (unpaired) electrons. The molecule has 0 saturated carbocycles. The lowest BCUT2D eigenvalue weighted by Crippen LogP contribution is -2.31. The van der Waals surface area contributed by atoms with Crippen LogP contribution < -0.4 is 0 Å². The highest BCUT2D eigenvalue weighted by atomic mass is 79.9. The first-order valence-corrected chi connectivity index (χ1v) is 7.27. The molecule has 0 heterocycles. The molecule has 100 valence electrons. The van der Waals surface area contributed by atoms with Crippen LogP contribution in [0.3, 0.4) is 0 Å². The van der Waals surface area contributed by atoms with Gasteiger partial charge in [-0.05, 0) is 58.7 Å². The van der Waals surface area contributed by atoms with Gasteiger partial charge in [0, 0.05) is 10.2 Å². The molecule has 1 atom stereocenters. The van der Waals surface area contributed by atoms with Crippen molar-refractivity contribution >= 4 is 33.2 Å². The maximum Gasteiger partial charge on any atom is 0.0831 e. The van der Waals surface area contributed by atoms with Crippen molar-refractivity contribution in [3.05, 3.63) is 34.3 Å². The highest BCUT2D eigenvalue weighted by Gasteiger charge is 2.26. The van der Waals surface area contributed by atoms with Crippen LogP contribution in [0.15, 0.2) is 33.7 Å². The quantitative estimate of drug-likeness (QED) is 0.530. The van der Waals surface area contributed by atoms with Crippen LogP contribution in [0.4, 0.5) is 0 Å². The predicted molar refractivity (Wildman–Crippen MR) is 85.0 cm³/mol. The van der Waals surface area contributed by atoms with E-state index in [1.54, 1.807) is 0 Å². The third kappa shape index (κ3) is 5.11. The predicted octanol–water partition coefficient (Wildman–Crippen LogP) is 5.25. The molecule has 1 aromatic rings. The minimum Gasteiger partial charge on any atom is -0.287 e. The molecule has 0 spiro atoms. The highest BCUT2D eigenvalue weighted by molar-refractivity contribution is 9.10. The molecule has 1 nitrogen and oxygen atoms in total. The fourth-order valence-electron chi connectivity index (χ4n) is 1.73. The molecule has 18 heavy (non-hydrogen) atoms. The van der Waals surface area contributed by atoms with Gasteiger partial charge in [0.15, 0.2) is 0 Å². The van der Waals surface area contributed by atoms with Crippen molar-refractivity contribution in [2.45, 2.75) is 51.5 Å². The Morgan fingerprint density at radius 2 is 1.67 bits per heavy atom. The zero-order valence-electron chi connectivity index (χ0n) is 11.7. The number of hydrogen-bond acceptors (Lipinski definition) is 1. The lowest BCUT2D eigenvalue weighted by molar-refractivity contribution is 0.576. The second kappa shape index (κ2) is 5.75. The molecule has 0 aliphatic rings. The molecule has 3 heteroatoms. The number of rotatable bonds is 3. The van der Waals surface area contributed by atoms with E-state index in [1.807, 2.05) is 26.0 Å². The molecule has 0 aromatic heterocycles. The van der Waals surface area contributed by atoms with E-state index in [-0.39, 0.29) is 5.54 Å². The summed E-state index contributed by atoms with van der Waals surface area (Å²) < 4.78 is 1.09. The summed E-state index contributed by atoms with van der Waals surface area (Å²) in [7, 11) is 0. The summed E-state index contributed by atoms with van der Waals surface area (Å²) in [4.78, 5) is 4.24. The zero-order valence-corrected chi connectivity index (χ0v) is 14.1. The van der Waals surface area contributed by atoms with Crippen molar-refractivity contribution in [2.75, 3.05) is 0 Å². The summed E-state index contributed by atoms with van der Waals surface area (Å²) in [6.07, 6.45) is 0.785. The lowest BCUT2D eigenvalue weighted by atomic mass is 9.95. The van der Waals surface area contributed by atoms with Gasteiger partial charge in [0.1, 0.15) is 0 Å². The Morgan fingerprint density at radius 3 is 2.11 bits per heavy atom. The molecule has 0 amide bonds. The van der Waals surface area contributed by atoms with Crippen molar-refractivity contribution in [2.24, 2.45) is 4.99 Å². The molecule has 0 fully saturated rings. The monoisotopic (exact) mass is 329 g/mol. The molecule has 1 unspecified atom stereocenters. The summed E-state index contributed by atoms with van der Waals surface area (Å²) >= 11 is 10.1. The largest absolute Gasteiger partial charge is 0.287 e. The van der Waals surface area contributed by atoms with Crippen molar-refractivity contribution < 1.29 is 0 Å². The Bertz CT molecular complexity index is 427. The molecule has 1 aromatic carbocycles. The van der Waals surface area contributed by atoms with Gasteiger partial charge >= 0.3 is 0 Å². The molecular formula is C15H21BrClN. The molecule has 0 saturated heterocycles. The van der Waals surface area contributed by atoms with E-state index in [1.165, 1.54) is 5.56 Å². The fraction of sp³-hybridized carbons (Fsp3) is 0.533. The second-order valence-corrected chi connectivity index (χ2v) is 7.62. The van der Waals surface area contributed by atoms with Crippen LogP contribution in [0.2, 0.25) is 0 Å². The van der Waals surface area contributed by atoms with E-state index in [0.29, 0.717) is 0 Å². The number of halogens is 2. The molecule has 0 aliphatic heterocycles. The molecule has 0 aliphatic carbocycles. The Balaban J connectivity index is 2.87. The molecule has 0 N–H and O–H groups in total. The number of benzene rings is 1. The van der Waals surface area contributed by atoms with Crippen LogP contribution in [0.1, 0.15) is 40.2 Å². The molecule has 0 bridgehead atoms. The Morgan fingerprint density at radius 1 is 1.17 bits per heavy atom. The smallest absolute Gasteiger partial charge is 0.0831 e. The summed E-state index contributed by atoms with van der Waals surface area (Å²) in [6.45, 7) is 10.3. The van der Waals surface area contributed by atoms with E-state index in [9.17, 15) is 0 Å². The van der Waals surface area contributed by atoms with Crippen LogP contribution >= 0.6 is 27.5 Å². The van der Waals surface area contributed by atoms with Gasteiger partial charge < -0.3 is 0 Å². The van der Waals surface area contributed by atoms with Crippen molar-refractivity contribution in [1.82, 2.24) is 0 Å². The Kier molecular flexibility index (Phi) is 5.02. The average molecular weight is 331 g/mol. The Labute approximate surface area is 124 Å². The van der Waals surface area contributed by atoms with Gasteiger partial charge in [-0.1, -0.05) is 28.1 Å². The van der Waals surface area contributed by atoms with Crippen LogP contribution in [-0.2, 0) is 6.42 Å². The van der Waals surface area contributed by atoms with Crippen molar-refractivity contribution in [3.8, 4) is 0 Å². The summed E-state index contributed by atoms with van der Waals surface area (Å²) in [5.41, 5.74) is 2.12. The van der Waals surface area contributed by atoms with E-state index < -0.39 is 4.87 Å². The lowest BCUT2D eigenvalue weighted by Gasteiger charge is -2.25. The number of nitrogens with zero attached hydrogens (tertiary/aromatic N) is 1. The number of hydrogen-bond donors (Lipinski definition) is 0. The van der Waals surface area contributed by atoms with Gasteiger partial charge in [0.25, 0.3) is 0 Å². The van der Waals surface area contributed by atoms with E-state index in [0.717, 1.165) is 16.6 Å². The summed E-state index contributed by atoms with van der Waals surface area (Å²) in [5.74, 6) is 0. The van der Waals surface area contributed by atoms with Gasteiger partial charge in [0.05, 0.1) is 10.4 Å².